The topological polar surface area (TPSA) is 26.0 Å². The highest BCUT2D eigenvalue weighted by Gasteiger charge is 2.36. The van der Waals surface area contributed by atoms with Gasteiger partial charge in [0.25, 0.3) is 0 Å². The molecule has 1 saturated carbocycles. The summed E-state index contributed by atoms with van der Waals surface area (Å²) >= 11 is 0. The Morgan fingerprint density at radius 1 is 1.29 bits per heavy atom. The highest BCUT2D eigenvalue weighted by molar-refractivity contribution is 5.33. The third-order valence-electron chi connectivity index (χ3n) is 3.00. The van der Waals surface area contributed by atoms with Gasteiger partial charge in [-0.2, -0.15) is 13.2 Å². The van der Waals surface area contributed by atoms with Gasteiger partial charge in [-0.25, -0.2) is 4.39 Å². The first-order valence-electron chi connectivity index (χ1n) is 5.50. The molecule has 0 amide bonds. The summed E-state index contributed by atoms with van der Waals surface area (Å²) in [7, 11) is 0. The number of hydrogen-bond donors (Lipinski definition) is 1. The summed E-state index contributed by atoms with van der Waals surface area (Å²) in [5.74, 6) is -0.284. The molecule has 0 heterocycles. The molecule has 2 rings (SSSR count). The predicted molar refractivity (Wildman–Crippen MR) is 55.7 cm³/mol. The third-order valence-corrected chi connectivity index (χ3v) is 3.00. The molecule has 17 heavy (non-hydrogen) atoms. The molecule has 1 aromatic carbocycles. The van der Waals surface area contributed by atoms with E-state index in [2.05, 4.69) is 0 Å². The van der Waals surface area contributed by atoms with Crippen LogP contribution < -0.4 is 5.73 Å². The van der Waals surface area contributed by atoms with Crippen LogP contribution in [0.1, 0.15) is 36.4 Å². The summed E-state index contributed by atoms with van der Waals surface area (Å²) in [6.07, 6.45) is -1.98. The van der Waals surface area contributed by atoms with Crippen molar-refractivity contribution >= 4 is 0 Å². The fraction of sp³-hybridized carbons (Fsp3) is 0.500. The molecule has 1 nitrogen and oxygen atoms in total. The van der Waals surface area contributed by atoms with Crippen molar-refractivity contribution in [3.05, 3.63) is 35.1 Å². The molecule has 0 spiro atoms. The molecule has 0 aromatic heterocycles. The summed E-state index contributed by atoms with van der Waals surface area (Å²) in [5, 5.41) is 0. The lowest BCUT2D eigenvalue weighted by molar-refractivity contribution is -0.138. The van der Waals surface area contributed by atoms with Gasteiger partial charge in [0.05, 0.1) is 5.56 Å². The fourth-order valence-electron chi connectivity index (χ4n) is 1.94. The minimum atomic E-state index is -4.48. The monoisotopic (exact) mass is 247 g/mol. The van der Waals surface area contributed by atoms with Crippen LogP contribution in [0.4, 0.5) is 17.6 Å². The quantitative estimate of drug-likeness (QED) is 0.811. The van der Waals surface area contributed by atoms with E-state index in [-0.39, 0.29) is 5.56 Å². The van der Waals surface area contributed by atoms with Crippen LogP contribution in [0.3, 0.4) is 0 Å². The zero-order chi connectivity index (χ0) is 12.6. The maximum absolute atomic E-state index is 13.0. The molecule has 5 heteroatoms. The molecule has 0 saturated heterocycles. The van der Waals surface area contributed by atoms with Gasteiger partial charge in [0.2, 0.25) is 0 Å². The average molecular weight is 247 g/mol. The Kier molecular flexibility index (Phi) is 3.12. The second-order valence-electron chi connectivity index (χ2n) is 4.51. The normalized spacial score (nSPS) is 18.2. The maximum atomic E-state index is 13.0. The van der Waals surface area contributed by atoms with Crippen LogP contribution in [0, 0.1) is 11.7 Å². The molecule has 0 unspecified atom stereocenters. The second-order valence-corrected chi connectivity index (χ2v) is 4.51. The maximum Gasteiger partial charge on any atom is 0.416 e. The van der Waals surface area contributed by atoms with Gasteiger partial charge in [-0.1, -0.05) is 12.8 Å². The summed E-state index contributed by atoms with van der Waals surface area (Å²) < 4.78 is 51.2. The van der Waals surface area contributed by atoms with Crippen molar-refractivity contribution in [1.82, 2.24) is 0 Å². The Morgan fingerprint density at radius 3 is 2.47 bits per heavy atom. The predicted octanol–water partition coefficient (Wildman–Crippen LogP) is 3.64. The Labute approximate surface area is 96.6 Å². The van der Waals surface area contributed by atoms with Gasteiger partial charge in [-0.05, 0) is 36.1 Å². The Morgan fingerprint density at radius 2 is 1.94 bits per heavy atom. The highest BCUT2D eigenvalue weighted by atomic mass is 19.4. The van der Waals surface area contributed by atoms with Crippen molar-refractivity contribution in [2.24, 2.45) is 11.7 Å². The van der Waals surface area contributed by atoms with Crippen LogP contribution in [-0.4, -0.2) is 0 Å². The van der Waals surface area contributed by atoms with Crippen LogP contribution in [0.15, 0.2) is 18.2 Å². The number of nitrogens with two attached hydrogens (primary N) is 1. The van der Waals surface area contributed by atoms with Gasteiger partial charge in [-0.15, -0.1) is 0 Å². The minimum absolute atomic E-state index is 0.135. The Hall–Kier alpha value is -1.10. The van der Waals surface area contributed by atoms with Crippen molar-refractivity contribution in [3.8, 4) is 0 Å². The van der Waals surface area contributed by atoms with E-state index in [1.54, 1.807) is 0 Å². The molecule has 1 fully saturated rings. The van der Waals surface area contributed by atoms with Crippen molar-refractivity contribution in [2.75, 3.05) is 0 Å². The van der Waals surface area contributed by atoms with Gasteiger partial charge >= 0.3 is 6.18 Å². The molecule has 1 aliphatic carbocycles. The first kappa shape index (κ1) is 12.4. The lowest BCUT2D eigenvalue weighted by Gasteiger charge is -2.18. The van der Waals surface area contributed by atoms with E-state index in [0.717, 1.165) is 31.0 Å². The lowest BCUT2D eigenvalue weighted by Crippen LogP contribution is -2.18. The molecular formula is C12H13F4N. The number of benzene rings is 1. The number of alkyl halides is 3. The van der Waals surface area contributed by atoms with Crippen molar-refractivity contribution in [2.45, 2.75) is 31.5 Å². The van der Waals surface area contributed by atoms with Crippen LogP contribution in [0.5, 0.6) is 0 Å². The van der Waals surface area contributed by atoms with Crippen LogP contribution in [0.2, 0.25) is 0 Å². The molecule has 1 aliphatic rings. The first-order chi connectivity index (χ1) is 7.88. The van der Waals surface area contributed by atoms with Gasteiger partial charge < -0.3 is 5.73 Å². The van der Waals surface area contributed by atoms with Crippen LogP contribution >= 0.6 is 0 Å². The van der Waals surface area contributed by atoms with E-state index < -0.39 is 23.6 Å². The van der Waals surface area contributed by atoms with E-state index in [1.165, 1.54) is 0 Å². The molecule has 1 atom stereocenters. The Bertz CT molecular complexity index is 409. The van der Waals surface area contributed by atoms with Crippen molar-refractivity contribution in [3.63, 3.8) is 0 Å². The van der Waals surface area contributed by atoms with Gasteiger partial charge in [-0.3, -0.25) is 0 Å². The van der Waals surface area contributed by atoms with Gasteiger partial charge in [0.15, 0.2) is 0 Å². The zero-order valence-electron chi connectivity index (χ0n) is 9.10. The second kappa shape index (κ2) is 4.29. The number of rotatable bonds is 3. The molecule has 0 bridgehead atoms. The number of hydrogen-bond acceptors (Lipinski definition) is 1. The molecule has 0 radical (unpaired) electrons. The summed E-state index contributed by atoms with van der Waals surface area (Å²) in [5.41, 5.74) is 4.77. The van der Waals surface area contributed by atoms with Gasteiger partial charge in [0, 0.05) is 6.04 Å². The first-order valence-corrected chi connectivity index (χ1v) is 5.50. The molecule has 2 N–H and O–H groups in total. The van der Waals surface area contributed by atoms with Gasteiger partial charge in [0.1, 0.15) is 5.82 Å². The van der Waals surface area contributed by atoms with E-state index in [4.69, 9.17) is 5.73 Å². The zero-order valence-corrected chi connectivity index (χ0v) is 9.10. The number of halogens is 4. The summed E-state index contributed by atoms with van der Waals surface area (Å²) in [4.78, 5) is 0. The standard InChI is InChI=1S/C12H13F4N/c13-8-3-4-10(12(14,15)16)9(6-8)11(17)5-7-1-2-7/h3-4,6-7,11H,1-2,5,17H2/t11-/m1/s1. The largest absolute Gasteiger partial charge is 0.416 e. The highest BCUT2D eigenvalue weighted by Crippen LogP contribution is 2.40. The fourth-order valence-corrected chi connectivity index (χ4v) is 1.94. The molecule has 1 aromatic rings. The van der Waals surface area contributed by atoms with E-state index in [1.807, 2.05) is 0 Å². The van der Waals surface area contributed by atoms with E-state index >= 15 is 0 Å². The minimum Gasteiger partial charge on any atom is -0.324 e. The van der Waals surface area contributed by atoms with Crippen molar-refractivity contribution in [1.29, 1.82) is 0 Å². The smallest absolute Gasteiger partial charge is 0.324 e. The summed E-state index contributed by atoms with van der Waals surface area (Å²) in [6, 6.07) is 1.73. The van der Waals surface area contributed by atoms with E-state index in [9.17, 15) is 17.6 Å². The molecule has 94 valence electrons. The van der Waals surface area contributed by atoms with E-state index in [0.29, 0.717) is 12.3 Å². The summed E-state index contributed by atoms with van der Waals surface area (Å²) in [6.45, 7) is 0. The third kappa shape index (κ3) is 2.97. The van der Waals surface area contributed by atoms with Crippen LogP contribution in [0.25, 0.3) is 0 Å². The molecule has 0 aliphatic heterocycles. The Balaban J connectivity index is 2.31. The van der Waals surface area contributed by atoms with Crippen LogP contribution in [-0.2, 0) is 6.18 Å². The average Bonchev–Trinajstić information content (AvgIpc) is 2.99. The lowest BCUT2D eigenvalue weighted by atomic mass is 9.96. The SMILES string of the molecule is N[C@H](CC1CC1)c1cc(F)ccc1C(F)(F)F. The molecular weight excluding hydrogens is 234 g/mol. The van der Waals surface area contributed by atoms with Crippen molar-refractivity contribution < 1.29 is 17.6 Å².